The lowest BCUT2D eigenvalue weighted by Crippen LogP contribution is -2.34. The van der Waals surface area contributed by atoms with Crippen LogP contribution in [0.25, 0.3) is 0 Å². The van der Waals surface area contributed by atoms with Crippen LogP contribution < -0.4 is 5.32 Å². The quantitative estimate of drug-likeness (QED) is 0.821. The van der Waals surface area contributed by atoms with Crippen molar-refractivity contribution in [1.82, 2.24) is 0 Å². The van der Waals surface area contributed by atoms with Gasteiger partial charge in [0.15, 0.2) is 5.54 Å². The Morgan fingerprint density at radius 2 is 1.70 bits per heavy atom. The first-order valence-electron chi connectivity index (χ1n) is 7.17. The van der Waals surface area contributed by atoms with Crippen molar-refractivity contribution in [3.63, 3.8) is 0 Å². The van der Waals surface area contributed by atoms with Gasteiger partial charge in [-0.2, -0.15) is 5.26 Å². The van der Waals surface area contributed by atoms with E-state index in [1.807, 2.05) is 36.4 Å². The van der Waals surface area contributed by atoms with E-state index in [4.69, 9.17) is 0 Å². The SMILES string of the molecule is N#CC1(Nc2ccccc2)CCCCc2ccccc21. The summed E-state index contributed by atoms with van der Waals surface area (Å²) in [5.41, 5.74) is 2.85. The van der Waals surface area contributed by atoms with Gasteiger partial charge in [-0.15, -0.1) is 0 Å². The van der Waals surface area contributed by atoms with Crippen molar-refractivity contribution in [2.24, 2.45) is 0 Å². The summed E-state index contributed by atoms with van der Waals surface area (Å²) in [7, 11) is 0. The zero-order valence-electron chi connectivity index (χ0n) is 11.5. The molecule has 0 saturated carbocycles. The van der Waals surface area contributed by atoms with Crippen LogP contribution in [0.15, 0.2) is 54.6 Å². The third-order valence-corrected chi connectivity index (χ3v) is 4.05. The van der Waals surface area contributed by atoms with Gasteiger partial charge in [-0.25, -0.2) is 0 Å². The van der Waals surface area contributed by atoms with Crippen molar-refractivity contribution in [3.8, 4) is 6.07 Å². The first-order valence-corrected chi connectivity index (χ1v) is 7.17. The Morgan fingerprint density at radius 3 is 2.50 bits per heavy atom. The summed E-state index contributed by atoms with van der Waals surface area (Å²) in [4.78, 5) is 0. The van der Waals surface area contributed by atoms with Gasteiger partial charge >= 0.3 is 0 Å². The van der Waals surface area contributed by atoms with Crippen LogP contribution in [0.3, 0.4) is 0 Å². The average molecular weight is 262 g/mol. The lowest BCUT2D eigenvalue weighted by molar-refractivity contribution is 0.547. The Hall–Kier alpha value is -2.27. The summed E-state index contributed by atoms with van der Waals surface area (Å²) in [5.74, 6) is 0. The Morgan fingerprint density at radius 1 is 0.950 bits per heavy atom. The number of fused-ring (bicyclic) bond motifs is 1. The molecule has 100 valence electrons. The summed E-state index contributed by atoms with van der Waals surface area (Å²) in [6.07, 6.45) is 4.14. The molecule has 0 radical (unpaired) electrons. The Kier molecular flexibility index (Phi) is 3.43. The Balaban J connectivity index is 2.06. The summed E-state index contributed by atoms with van der Waals surface area (Å²) in [6, 6.07) is 20.9. The molecule has 2 aromatic rings. The van der Waals surface area contributed by atoms with E-state index < -0.39 is 5.54 Å². The minimum atomic E-state index is -0.603. The van der Waals surface area contributed by atoms with Gasteiger partial charge in [0.25, 0.3) is 0 Å². The largest absolute Gasteiger partial charge is 0.364 e. The number of benzene rings is 2. The van der Waals surface area contributed by atoms with Gasteiger partial charge in [0.2, 0.25) is 0 Å². The van der Waals surface area contributed by atoms with Crippen molar-refractivity contribution in [3.05, 3.63) is 65.7 Å². The van der Waals surface area contributed by atoms with Gasteiger partial charge in [0.05, 0.1) is 6.07 Å². The van der Waals surface area contributed by atoms with Gasteiger partial charge < -0.3 is 5.32 Å². The second kappa shape index (κ2) is 5.38. The minimum Gasteiger partial charge on any atom is -0.364 e. The second-order valence-electron chi connectivity index (χ2n) is 5.37. The van der Waals surface area contributed by atoms with Crippen molar-refractivity contribution in [1.29, 1.82) is 5.26 Å². The van der Waals surface area contributed by atoms with E-state index >= 15 is 0 Å². The Bertz CT molecular complexity index is 627. The second-order valence-corrected chi connectivity index (χ2v) is 5.37. The number of hydrogen-bond donors (Lipinski definition) is 1. The molecule has 2 heteroatoms. The third kappa shape index (κ3) is 2.28. The minimum absolute atomic E-state index is 0.603. The van der Waals surface area contributed by atoms with Crippen molar-refractivity contribution in [2.45, 2.75) is 31.2 Å². The number of nitriles is 1. The van der Waals surface area contributed by atoms with Crippen LogP contribution in [0.4, 0.5) is 5.69 Å². The molecule has 1 unspecified atom stereocenters. The van der Waals surface area contributed by atoms with E-state index in [2.05, 4.69) is 29.6 Å². The molecule has 0 amide bonds. The first kappa shape index (κ1) is 12.7. The van der Waals surface area contributed by atoms with Crippen molar-refractivity contribution < 1.29 is 0 Å². The highest BCUT2D eigenvalue weighted by Crippen LogP contribution is 2.36. The topological polar surface area (TPSA) is 35.8 Å². The van der Waals surface area contributed by atoms with Gasteiger partial charge in [-0.1, -0.05) is 42.5 Å². The predicted molar refractivity (Wildman–Crippen MR) is 81.4 cm³/mol. The molecule has 1 aliphatic rings. The highest BCUT2D eigenvalue weighted by atomic mass is 15.0. The molecule has 2 nitrogen and oxygen atoms in total. The number of hydrogen-bond acceptors (Lipinski definition) is 2. The highest BCUT2D eigenvalue weighted by Gasteiger charge is 2.35. The average Bonchev–Trinajstić information content (AvgIpc) is 2.69. The van der Waals surface area contributed by atoms with Crippen LogP contribution in [0.5, 0.6) is 0 Å². The van der Waals surface area contributed by atoms with Crippen LogP contribution >= 0.6 is 0 Å². The number of anilines is 1. The molecule has 0 aromatic heterocycles. The van der Waals surface area contributed by atoms with Crippen LogP contribution in [-0.4, -0.2) is 0 Å². The summed E-state index contributed by atoms with van der Waals surface area (Å²) in [6.45, 7) is 0. The molecule has 1 N–H and O–H groups in total. The highest BCUT2D eigenvalue weighted by molar-refractivity contribution is 5.53. The summed E-state index contributed by atoms with van der Waals surface area (Å²) in [5, 5.41) is 13.3. The van der Waals surface area contributed by atoms with E-state index in [9.17, 15) is 5.26 Å². The predicted octanol–water partition coefficient (Wildman–Crippen LogP) is 4.24. The molecular formula is C18H18N2. The van der Waals surface area contributed by atoms with E-state index in [1.165, 1.54) is 5.56 Å². The number of nitrogens with one attached hydrogen (secondary N) is 1. The van der Waals surface area contributed by atoms with Crippen molar-refractivity contribution in [2.75, 3.05) is 5.32 Å². The molecule has 0 spiro atoms. The molecule has 1 atom stereocenters. The maximum Gasteiger partial charge on any atom is 0.151 e. The number of rotatable bonds is 2. The number of aryl methyl sites for hydroxylation is 1. The van der Waals surface area contributed by atoms with E-state index in [-0.39, 0.29) is 0 Å². The van der Waals surface area contributed by atoms with Gasteiger partial charge in [0.1, 0.15) is 0 Å². The van der Waals surface area contributed by atoms with Gasteiger partial charge in [0, 0.05) is 5.69 Å². The molecule has 0 bridgehead atoms. The van der Waals surface area contributed by atoms with Crippen molar-refractivity contribution >= 4 is 5.69 Å². The molecule has 0 aliphatic heterocycles. The molecule has 0 saturated heterocycles. The van der Waals surface area contributed by atoms with Crippen LogP contribution in [-0.2, 0) is 12.0 Å². The van der Waals surface area contributed by atoms with E-state index in [0.29, 0.717) is 0 Å². The molecule has 0 fully saturated rings. The maximum atomic E-state index is 9.86. The number of para-hydroxylation sites is 1. The molecule has 3 rings (SSSR count). The first-order chi connectivity index (χ1) is 9.84. The molecule has 0 heterocycles. The lowest BCUT2D eigenvalue weighted by atomic mass is 9.85. The standard InChI is InChI=1S/C18H18N2/c19-14-18(20-16-10-2-1-3-11-16)13-7-6-9-15-8-4-5-12-17(15)18/h1-5,8,10-12,20H,6-7,9,13H2. The molecule has 1 aliphatic carbocycles. The van der Waals surface area contributed by atoms with Crippen LogP contribution in [0, 0.1) is 11.3 Å². The third-order valence-electron chi connectivity index (χ3n) is 4.05. The fourth-order valence-corrected chi connectivity index (χ4v) is 3.04. The summed E-state index contributed by atoms with van der Waals surface area (Å²) < 4.78 is 0. The summed E-state index contributed by atoms with van der Waals surface area (Å²) >= 11 is 0. The normalized spacial score (nSPS) is 21.4. The lowest BCUT2D eigenvalue weighted by Gasteiger charge is -2.29. The van der Waals surface area contributed by atoms with Crippen LogP contribution in [0.2, 0.25) is 0 Å². The maximum absolute atomic E-state index is 9.86. The molecular weight excluding hydrogens is 244 g/mol. The van der Waals surface area contributed by atoms with Crippen LogP contribution in [0.1, 0.15) is 30.4 Å². The number of nitrogens with zero attached hydrogens (tertiary/aromatic N) is 1. The molecule has 2 aromatic carbocycles. The zero-order chi connectivity index (χ0) is 13.8. The smallest absolute Gasteiger partial charge is 0.151 e. The molecule has 20 heavy (non-hydrogen) atoms. The zero-order valence-corrected chi connectivity index (χ0v) is 11.5. The Labute approximate surface area is 120 Å². The van der Waals surface area contributed by atoms with Gasteiger partial charge in [-0.05, 0) is 48.9 Å². The monoisotopic (exact) mass is 262 g/mol. The fourth-order valence-electron chi connectivity index (χ4n) is 3.04. The van der Waals surface area contributed by atoms with Gasteiger partial charge in [-0.3, -0.25) is 0 Å². The van der Waals surface area contributed by atoms with E-state index in [0.717, 1.165) is 36.9 Å². The fraction of sp³-hybridized carbons (Fsp3) is 0.278. The van der Waals surface area contributed by atoms with E-state index in [1.54, 1.807) is 0 Å².